The first-order valence-corrected chi connectivity index (χ1v) is 12.2. The molecule has 0 aromatic heterocycles. The van der Waals surface area contributed by atoms with Gasteiger partial charge in [-0.15, -0.1) is 0 Å². The van der Waals surface area contributed by atoms with E-state index in [0.717, 1.165) is 36.8 Å². The van der Waals surface area contributed by atoms with E-state index in [9.17, 15) is 8.42 Å². The van der Waals surface area contributed by atoms with Gasteiger partial charge in [-0.25, -0.2) is 8.42 Å². The maximum Gasteiger partial charge on any atom is 0.184 e. The first kappa shape index (κ1) is 24.7. The molecule has 1 atom stereocenters. The summed E-state index contributed by atoms with van der Waals surface area (Å²) in [5, 5.41) is -0.497. The third-order valence-corrected chi connectivity index (χ3v) is 7.21. The van der Waals surface area contributed by atoms with Gasteiger partial charge in [0.1, 0.15) is 10.6 Å². The van der Waals surface area contributed by atoms with Crippen LogP contribution in [0.5, 0.6) is 5.75 Å². The van der Waals surface area contributed by atoms with Crippen molar-refractivity contribution in [3.05, 3.63) is 30.3 Å². The molecule has 0 saturated carbocycles. The van der Waals surface area contributed by atoms with Crippen LogP contribution in [0.4, 0.5) is 0 Å². The quantitative estimate of drug-likeness (QED) is 0.399. The van der Waals surface area contributed by atoms with Gasteiger partial charge in [-0.2, -0.15) is 0 Å². The summed E-state index contributed by atoms with van der Waals surface area (Å²) in [4.78, 5) is 0.292. The Labute approximate surface area is 173 Å². The van der Waals surface area contributed by atoms with Crippen LogP contribution in [0, 0.1) is 11.3 Å². The zero-order valence-electron chi connectivity index (χ0n) is 19.0. The van der Waals surface area contributed by atoms with Crippen LogP contribution in [0.1, 0.15) is 86.1 Å². The van der Waals surface area contributed by atoms with Gasteiger partial charge in [-0.1, -0.05) is 66.5 Å². The van der Waals surface area contributed by atoms with Crippen LogP contribution in [0.15, 0.2) is 29.7 Å². The smallest absolute Gasteiger partial charge is 0.184 e. The van der Waals surface area contributed by atoms with E-state index in [1.807, 2.05) is 12.1 Å². The Balaban J connectivity index is 3.21. The van der Waals surface area contributed by atoms with E-state index in [2.05, 4.69) is 41.2 Å². The average Bonchev–Trinajstić information content (AvgIpc) is 2.60. The molecule has 3 nitrogen and oxygen atoms in total. The molecule has 0 saturated heterocycles. The van der Waals surface area contributed by atoms with Crippen LogP contribution in [0.25, 0.3) is 5.57 Å². The van der Waals surface area contributed by atoms with E-state index in [1.165, 1.54) is 6.42 Å². The number of benzene rings is 1. The number of allylic oxidation sites excluding steroid dienone is 1. The second-order valence-electron chi connectivity index (χ2n) is 9.32. The minimum atomic E-state index is -3.44. The van der Waals surface area contributed by atoms with E-state index in [1.54, 1.807) is 19.9 Å². The largest absolute Gasteiger partial charge is 0.492 e. The number of hydrogen-bond donors (Lipinski definition) is 0. The minimum absolute atomic E-state index is 0.0942. The molecule has 0 N–H and O–H groups in total. The molecule has 1 unspecified atom stereocenters. The minimum Gasteiger partial charge on any atom is -0.492 e. The lowest BCUT2D eigenvalue weighted by Crippen LogP contribution is -2.18. The van der Waals surface area contributed by atoms with Gasteiger partial charge in [-0.3, -0.25) is 0 Å². The summed E-state index contributed by atoms with van der Waals surface area (Å²) in [5.41, 5.74) is 1.92. The molecule has 0 fully saturated rings. The number of hydrogen-bond acceptors (Lipinski definition) is 3. The van der Waals surface area contributed by atoms with Gasteiger partial charge in [0.25, 0.3) is 0 Å². The van der Waals surface area contributed by atoms with Crippen molar-refractivity contribution in [1.29, 1.82) is 0 Å². The van der Waals surface area contributed by atoms with Gasteiger partial charge in [0.15, 0.2) is 9.84 Å². The zero-order chi connectivity index (χ0) is 21.5. The van der Waals surface area contributed by atoms with Crippen LogP contribution in [0.3, 0.4) is 0 Å². The highest BCUT2D eigenvalue weighted by Gasteiger charge is 2.25. The fraction of sp³-hybridized carbons (Fsp3) is 0.667. The number of ether oxygens (including phenoxy) is 1. The van der Waals surface area contributed by atoms with Crippen molar-refractivity contribution in [2.45, 2.75) is 90.7 Å². The Hall–Kier alpha value is -1.29. The fourth-order valence-corrected chi connectivity index (χ4v) is 4.38. The average molecular weight is 409 g/mol. The molecule has 1 rings (SSSR count). The molecule has 28 heavy (non-hydrogen) atoms. The molecule has 0 spiro atoms. The highest BCUT2D eigenvalue weighted by atomic mass is 32.2. The summed E-state index contributed by atoms with van der Waals surface area (Å²) in [5.74, 6) is 0.918. The molecule has 1 aromatic carbocycles. The maximum absolute atomic E-state index is 13.0. The summed E-state index contributed by atoms with van der Waals surface area (Å²) < 4.78 is 32.0. The molecule has 0 aliphatic carbocycles. The Morgan fingerprint density at radius 1 is 1.18 bits per heavy atom. The molecule has 0 aliphatic heterocycles. The molecule has 4 heteroatoms. The van der Waals surface area contributed by atoms with Crippen molar-refractivity contribution < 1.29 is 13.2 Å². The lowest BCUT2D eigenvalue weighted by molar-refractivity contribution is 0.228. The molecule has 0 amide bonds. The summed E-state index contributed by atoms with van der Waals surface area (Å²) in [6.07, 6.45) is 5.29. The van der Waals surface area contributed by atoms with Crippen LogP contribution < -0.4 is 4.74 Å². The predicted molar refractivity (Wildman–Crippen MR) is 121 cm³/mol. The third-order valence-electron chi connectivity index (χ3n) is 5.04. The molecule has 0 heterocycles. The van der Waals surface area contributed by atoms with E-state index in [0.29, 0.717) is 23.2 Å². The topological polar surface area (TPSA) is 43.4 Å². The monoisotopic (exact) mass is 408 g/mol. The van der Waals surface area contributed by atoms with Crippen molar-refractivity contribution in [2.24, 2.45) is 11.3 Å². The molecule has 160 valence electrons. The van der Waals surface area contributed by atoms with Crippen LogP contribution >= 0.6 is 0 Å². The second kappa shape index (κ2) is 10.5. The van der Waals surface area contributed by atoms with Gasteiger partial charge >= 0.3 is 0 Å². The Morgan fingerprint density at radius 2 is 1.82 bits per heavy atom. The number of unbranched alkanes of at least 4 members (excludes halogenated alkanes) is 1. The van der Waals surface area contributed by atoms with E-state index >= 15 is 0 Å². The molecule has 0 aliphatic rings. The van der Waals surface area contributed by atoms with Crippen molar-refractivity contribution >= 4 is 15.4 Å². The van der Waals surface area contributed by atoms with E-state index < -0.39 is 15.1 Å². The lowest BCUT2D eigenvalue weighted by Gasteiger charge is -2.22. The van der Waals surface area contributed by atoms with Crippen molar-refractivity contribution in [3.63, 3.8) is 0 Å². The maximum atomic E-state index is 13.0. The fourth-order valence-electron chi connectivity index (χ4n) is 3.17. The number of sulfone groups is 1. The van der Waals surface area contributed by atoms with E-state index in [-0.39, 0.29) is 5.41 Å². The Kier molecular flexibility index (Phi) is 9.26. The molecule has 0 radical (unpaired) electrons. The molecule has 0 bridgehead atoms. The van der Waals surface area contributed by atoms with Crippen molar-refractivity contribution in [1.82, 2.24) is 0 Å². The third kappa shape index (κ3) is 7.27. The second-order valence-corrected chi connectivity index (χ2v) is 11.8. The van der Waals surface area contributed by atoms with Crippen LogP contribution in [-0.2, 0) is 9.84 Å². The first-order chi connectivity index (χ1) is 12.9. The van der Waals surface area contributed by atoms with Gasteiger partial charge in [0.2, 0.25) is 0 Å². The summed E-state index contributed by atoms with van der Waals surface area (Å²) >= 11 is 0. The Morgan fingerprint density at radius 3 is 2.32 bits per heavy atom. The normalized spacial score (nSPS) is 13.6. The highest BCUT2D eigenvalue weighted by molar-refractivity contribution is 7.92. The first-order valence-electron chi connectivity index (χ1n) is 10.6. The van der Waals surface area contributed by atoms with Crippen molar-refractivity contribution in [2.75, 3.05) is 6.61 Å². The van der Waals surface area contributed by atoms with Gasteiger partial charge in [0.05, 0.1) is 11.9 Å². The number of rotatable bonds is 11. The highest BCUT2D eigenvalue weighted by Crippen LogP contribution is 2.34. The van der Waals surface area contributed by atoms with Gasteiger partial charge in [0, 0.05) is 0 Å². The molecular formula is C24H40O3S. The molecular weight excluding hydrogens is 368 g/mol. The van der Waals surface area contributed by atoms with Gasteiger partial charge < -0.3 is 4.74 Å². The Bertz CT molecular complexity index is 740. The summed E-state index contributed by atoms with van der Waals surface area (Å²) in [7, 11) is -3.44. The summed E-state index contributed by atoms with van der Waals surface area (Å²) in [6.45, 7) is 19.0. The SMILES string of the molecule is C=C(CC(C)(C)C)c1ccc(OCC(CC)CCCC)c(S(=O)(=O)C(C)C)c1. The van der Waals surface area contributed by atoms with Crippen LogP contribution in [-0.4, -0.2) is 20.3 Å². The van der Waals surface area contributed by atoms with Gasteiger partial charge in [-0.05, 0) is 61.3 Å². The van der Waals surface area contributed by atoms with Crippen LogP contribution in [0.2, 0.25) is 0 Å². The standard InChI is InChI=1S/C24H40O3S/c1-9-11-12-20(10-2)17-27-22-14-13-21(19(5)16-24(6,7)8)15-23(22)28(25,26)18(3)4/h13-15,18,20H,5,9-12,16-17H2,1-4,6-8H3. The lowest BCUT2D eigenvalue weighted by atomic mass is 9.86. The summed E-state index contributed by atoms with van der Waals surface area (Å²) in [6, 6.07) is 5.51. The molecule has 1 aromatic rings. The van der Waals surface area contributed by atoms with Crippen molar-refractivity contribution in [3.8, 4) is 5.75 Å². The zero-order valence-corrected chi connectivity index (χ0v) is 19.8. The van der Waals surface area contributed by atoms with E-state index in [4.69, 9.17) is 4.74 Å². The predicted octanol–water partition coefficient (Wildman–Crippen LogP) is 6.91.